The number of amides is 1. The summed E-state index contributed by atoms with van der Waals surface area (Å²) in [6.45, 7) is 0.595. The molecular weight excluding hydrogens is 274 g/mol. The normalized spacial score (nSPS) is 10.3. The van der Waals surface area contributed by atoms with Crippen LogP contribution in [-0.4, -0.2) is 23.5 Å². The van der Waals surface area contributed by atoms with Crippen molar-refractivity contribution in [2.75, 3.05) is 6.54 Å². The SMILES string of the molecule is O=C(O)CCCCCNC(=O)Cc1ccc(Cl)s1. The molecule has 100 valence electrons. The zero-order chi connectivity index (χ0) is 13.4. The third-order valence-corrected chi connectivity index (χ3v) is 3.58. The van der Waals surface area contributed by atoms with Gasteiger partial charge in [-0.1, -0.05) is 18.0 Å². The molecule has 0 bridgehead atoms. The lowest BCUT2D eigenvalue weighted by Gasteiger charge is -2.03. The predicted octanol–water partition coefficient (Wildman–Crippen LogP) is 2.71. The van der Waals surface area contributed by atoms with Crippen molar-refractivity contribution >= 4 is 34.8 Å². The lowest BCUT2D eigenvalue weighted by molar-refractivity contribution is -0.137. The maximum absolute atomic E-state index is 11.5. The number of nitrogens with one attached hydrogen (secondary N) is 1. The van der Waals surface area contributed by atoms with Crippen LogP contribution in [0.15, 0.2) is 12.1 Å². The monoisotopic (exact) mass is 289 g/mol. The molecule has 0 fully saturated rings. The Labute approximate surface area is 115 Å². The molecule has 0 spiro atoms. The van der Waals surface area contributed by atoms with E-state index >= 15 is 0 Å². The molecule has 18 heavy (non-hydrogen) atoms. The van der Waals surface area contributed by atoms with Gasteiger partial charge in [0.2, 0.25) is 5.91 Å². The Morgan fingerprint density at radius 1 is 1.28 bits per heavy atom. The zero-order valence-electron chi connectivity index (χ0n) is 9.95. The molecule has 6 heteroatoms. The minimum atomic E-state index is -0.770. The second-order valence-corrected chi connectivity index (χ2v) is 5.74. The molecule has 0 aliphatic heterocycles. The van der Waals surface area contributed by atoms with Gasteiger partial charge in [-0.2, -0.15) is 0 Å². The fourth-order valence-corrected chi connectivity index (χ4v) is 2.56. The van der Waals surface area contributed by atoms with E-state index in [4.69, 9.17) is 16.7 Å². The van der Waals surface area contributed by atoms with Gasteiger partial charge in [0.1, 0.15) is 0 Å². The van der Waals surface area contributed by atoms with Gasteiger partial charge in [-0.25, -0.2) is 0 Å². The van der Waals surface area contributed by atoms with Crippen LogP contribution in [0.4, 0.5) is 0 Å². The molecule has 0 aromatic carbocycles. The van der Waals surface area contributed by atoms with Crippen LogP contribution >= 0.6 is 22.9 Å². The highest BCUT2D eigenvalue weighted by Gasteiger charge is 2.05. The molecule has 0 aliphatic carbocycles. The molecule has 0 saturated heterocycles. The summed E-state index contributed by atoms with van der Waals surface area (Å²) >= 11 is 7.18. The van der Waals surface area contributed by atoms with E-state index in [-0.39, 0.29) is 12.3 Å². The smallest absolute Gasteiger partial charge is 0.303 e. The lowest BCUT2D eigenvalue weighted by Crippen LogP contribution is -2.25. The van der Waals surface area contributed by atoms with E-state index < -0.39 is 5.97 Å². The summed E-state index contributed by atoms with van der Waals surface area (Å²) in [6, 6.07) is 3.63. The van der Waals surface area contributed by atoms with E-state index in [9.17, 15) is 9.59 Å². The third-order valence-electron chi connectivity index (χ3n) is 2.35. The van der Waals surface area contributed by atoms with Gasteiger partial charge in [0.15, 0.2) is 0 Å². The highest BCUT2D eigenvalue weighted by Crippen LogP contribution is 2.21. The van der Waals surface area contributed by atoms with Gasteiger partial charge in [-0.15, -0.1) is 11.3 Å². The minimum Gasteiger partial charge on any atom is -0.481 e. The first-order valence-corrected chi connectivity index (χ1v) is 7.00. The highest BCUT2D eigenvalue weighted by molar-refractivity contribution is 7.16. The molecule has 0 unspecified atom stereocenters. The Kier molecular flexibility index (Phi) is 6.75. The number of rotatable bonds is 8. The fourth-order valence-electron chi connectivity index (χ4n) is 1.47. The lowest BCUT2D eigenvalue weighted by atomic mass is 10.2. The Morgan fingerprint density at radius 2 is 2.06 bits per heavy atom. The van der Waals surface area contributed by atoms with Gasteiger partial charge in [0.25, 0.3) is 0 Å². The largest absolute Gasteiger partial charge is 0.481 e. The Hall–Kier alpha value is -1.07. The summed E-state index contributed by atoms with van der Waals surface area (Å²) in [6.07, 6.45) is 2.83. The summed E-state index contributed by atoms with van der Waals surface area (Å²) in [7, 11) is 0. The molecule has 1 aromatic rings. The van der Waals surface area contributed by atoms with E-state index in [2.05, 4.69) is 5.32 Å². The number of carbonyl (C=O) groups is 2. The third kappa shape index (κ3) is 6.61. The number of hydrogen-bond donors (Lipinski definition) is 2. The summed E-state index contributed by atoms with van der Waals surface area (Å²) in [5.74, 6) is -0.791. The van der Waals surface area contributed by atoms with E-state index in [1.54, 1.807) is 6.07 Å². The van der Waals surface area contributed by atoms with Crippen molar-refractivity contribution in [1.29, 1.82) is 0 Å². The van der Waals surface area contributed by atoms with E-state index in [0.717, 1.165) is 17.7 Å². The van der Waals surface area contributed by atoms with Gasteiger partial charge in [-0.3, -0.25) is 9.59 Å². The summed E-state index contributed by atoms with van der Waals surface area (Å²) < 4.78 is 0.687. The van der Waals surface area contributed by atoms with Crippen molar-refractivity contribution in [3.63, 3.8) is 0 Å². The zero-order valence-corrected chi connectivity index (χ0v) is 11.5. The summed E-state index contributed by atoms with van der Waals surface area (Å²) in [5.41, 5.74) is 0. The minimum absolute atomic E-state index is 0.0215. The van der Waals surface area contributed by atoms with Gasteiger partial charge in [-0.05, 0) is 25.0 Å². The average Bonchev–Trinajstić information content (AvgIpc) is 2.68. The van der Waals surface area contributed by atoms with Crippen LogP contribution in [0, 0.1) is 0 Å². The number of unbranched alkanes of at least 4 members (excludes halogenated alkanes) is 2. The first-order valence-electron chi connectivity index (χ1n) is 5.80. The Balaban J connectivity index is 2.05. The fraction of sp³-hybridized carbons (Fsp3) is 0.500. The van der Waals surface area contributed by atoms with Gasteiger partial charge < -0.3 is 10.4 Å². The molecule has 1 amide bonds. The van der Waals surface area contributed by atoms with Crippen LogP contribution in [0.3, 0.4) is 0 Å². The second kappa shape index (κ2) is 8.11. The quantitative estimate of drug-likeness (QED) is 0.723. The molecule has 1 rings (SSSR count). The van der Waals surface area contributed by atoms with E-state index in [1.807, 2.05) is 6.07 Å². The number of halogens is 1. The molecule has 0 atom stereocenters. The van der Waals surface area contributed by atoms with Crippen LogP contribution < -0.4 is 5.32 Å². The van der Waals surface area contributed by atoms with Gasteiger partial charge in [0.05, 0.1) is 10.8 Å². The second-order valence-electron chi connectivity index (χ2n) is 3.94. The van der Waals surface area contributed by atoms with Gasteiger partial charge in [0, 0.05) is 17.8 Å². The summed E-state index contributed by atoms with van der Waals surface area (Å²) in [4.78, 5) is 22.7. The van der Waals surface area contributed by atoms with Crippen molar-refractivity contribution in [2.45, 2.75) is 32.1 Å². The van der Waals surface area contributed by atoms with Crippen LogP contribution in [-0.2, 0) is 16.0 Å². The molecule has 1 heterocycles. The molecule has 0 radical (unpaired) electrons. The molecular formula is C12H16ClNO3S. The van der Waals surface area contributed by atoms with E-state index in [0.29, 0.717) is 23.7 Å². The van der Waals surface area contributed by atoms with Gasteiger partial charge >= 0.3 is 5.97 Å². The topological polar surface area (TPSA) is 66.4 Å². The van der Waals surface area contributed by atoms with Crippen molar-refractivity contribution < 1.29 is 14.7 Å². The number of hydrogen-bond acceptors (Lipinski definition) is 3. The van der Waals surface area contributed by atoms with Crippen molar-refractivity contribution in [3.8, 4) is 0 Å². The van der Waals surface area contributed by atoms with Crippen LogP contribution in [0.25, 0.3) is 0 Å². The molecule has 4 nitrogen and oxygen atoms in total. The predicted molar refractivity (Wildman–Crippen MR) is 72.1 cm³/mol. The first-order chi connectivity index (χ1) is 8.58. The maximum atomic E-state index is 11.5. The Morgan fingerprint density at radius 3 is 2.67 bits per heavy atom. The van der Waals surface area contributed by atoms with E-state index in [1.165, 1.54) is 11.3 Å². The number of carboxylic acid groups (broad SMARTS) is 1. The average molecular weight is 290 g/mol. The number of carbonyl (C=O) groups excluding carboxylic acids is 1. The van der Waals surface area contributed by atoms with Crippen molar-refractivity contribution in [2.24, 2.45) is 0 Å². The first kappa shape index (κ1) is 15.0. The highest BCUT2D eigenvalue weighted by atomic mass is 35.5. The molecule has 1 aromatic heterocycles. The maximum Gasteiger partial charge on any atom is 0.303 e. The standard InChI is InChI=1S/C12H16ClNO3S/c13-10-6-5-9(18-10)8-11(15)14-7-3-1-2-4-12(16)17/h5-6H,1-4,7-8H2,(H,14,15)(H,16,17). The van der Waals surface area contributed by atoms with Crippen LogP contribution in [0.1, 0.15) is 30.6 Å². The molecule has 0 saturated carbocycles. The number of thiophene rings is 1. The number of carboxylic acids is 1. The number of aliphatic carboxylic acids is 1. The van der Waals surface area contributed by atoms with Crippen molar-refractivity contribution in [1.82, 2.24) is 5.32 Å². The van der Waals surface area contributed by atoms with Crippen LogP contribution in [0.2, 0.25) is 4.34 Å². The molecule has 0 aliphatic rings. The van der Waals surface area contributed by atoms with Crippen LogP contribution in [0.5, 0.6) is 0 Å². The molecule has 2 N–H and O–H groups in total. The Bertz CT molecular complexity index is 406. The summed E-state index contributed by atoms with van der Waals surface area (Å²) in [5, 5.41) is 11.3. The van der Waals surface area contributed by atoms with Crippen molar-refractivity contribution in [3.05, 3.63) is 21.3 Å².